The summed E-state index contributed by atoms with van der Waals surface area (Å²) >= 11 is 0. The van der Waals surface area contributed by atoms with Gasteiger partial charge in [0.2, 0.25) is 0 Å². The van der Waals surface area contributed by atoms with Crippen molar-refractivity contribution in [2.75, 3.05) is 26.9 Å². The minimum Gasteiger partial charge on any atom is -0.374 e. The number of ether oxygens (including phenoxy) is 16. The monoisotopic (exact) mass is 1330 g/mol. The molecule has 0 radical (unpaired) electrons. The molecule has 0 N–H and O–H groups in total. The smallest absolute Gasteiger partial charge is 0.187 e. The highest BCUT2D eigenvalue weighted by atomic mass is 16.8. The number of hydrogen-bond donors (Lipinski definition) is 0. The Bertz CT molecular complexity index is 3670. The summed E-state index contributed by atoms with van der Waals surface area (Å²) in [5.41, 5.74) is 8.46. The molecule has 0 bridgehead atoms. The second-order valence-electron chi connectivity index (χ2n) is 24.8. The normalized spacial score (nSPS) is 27.0. The third-order valence-corrected chi connectivity index (χ3v) is 17.9. The summed E-state index contributed by atoms with van der Waals surface area (Å²) in [6.07, 6.45) is -14.3. The van der Waals surface area contributed by atoms with Gasteiger partial charge in [-0.05, 0) is 44.5 Å². The van der Waals surface area contributed by atoms with E-state index in [2.05, 4.69) is 0 Å². The molecule has 9 aromatic rings. The summed E-state index contributed by atoms with van der Waals surface area (Å²) in [6.45, 7) is 1.87. The summed E-state index contributed by atoms with van der Waals surface area (Å²) < 4.78 is 113. The van der Waals surface area contributed by atoms with Crippen molar-refractivity contribution in [2.24, 2.45) is 0 Å². The zero-order valence-electron chi connectivity index (χ0n) is 55.0. The van der Waals surface area contributed by atoms with Crippen molar-refractivity contribution in [1.82, 2.24) is 0 Å². The standard InChI is InChI=1S/C82H86O16/c1-83-80-76(89-52-63-39-21-7-22-40-63)73(87-50-61-35-17-5-18-36-61)71(86-49-60-33-15-4-16-34-60)68(94-80)56-93-81-78(91-54-65-43-25-9-26-44-65)75(72-69(95-81)57-92-79(97-72)66-45-27-10-28-46-66)98-82-77(90-53-64-41-23-8-24-42-64)74(88-51-62-37-19-6-20-38-62)70(85-48-59-31-13-3-14-32-59)67(96-82)55-84-47-58-29-11-2-12-30-58/h2-46,67-82H,47-57H2,1H3/t67-,68-,69-,70-,71-,72-,73+,74+,75+,76-,77-,78-,79?,80+,81?,82?/m1/s1. The van der Waals surface area contributed by atoms with E-state index in [4.69, 9.17) is 75.8 Å². The minimum atomic E-state index is -1.20. The van der Waals surface area contributed by atoms with Crippen molar-refractivity contribution in [3.63, 3.8) is 0 Å². The molecule has 4 fully saturated rings. The van der Waals surface area contributed by atoms with Gasteiger partial charge in [0, 0.05) is 12.7 Å². The van der Waals surface area contributed by atoms with Gasteiger partial charge in [-0.2, -0.15) is 0 Å². The summed E-state index contributed by atoms with van der Waals surface area (Å²) in [6, 6.07) is 90.0. The van der Waals surface area contributed by atoms with Gasteiger partial charge in [0.05, 0.1) is 72.7 Å². The molecule has 510 valence electrons. The summed E-state index contributed by atoms with van der Waals surface area (Å²) in [5, 5.41) is 0. The lowest BCUT2D eigenvalue weighted by atomic mass is 9.95. The summed E-state index contributed by atoms with van der Waals surface area (Å²) in [4.78, 5) is 0. The van der Waals surface area contributed by atoms with Gasteiger partial charge in [0.1, 0.15) is 73.2 Å². The van der Waals surface area contributed by atoms with Gasteiger partial charge in [-0.25, -0.2) is 0 Å². The fraction of sp³-hybridized carbons (Fsp3) is 0.341. The number of benzene rings is 9. The second-order valence-corrected chi connectivity index (χ2v) is 24.8. The first kappa shape index (κ1) is 68.8. The van der Waals surface area contributed by atoms with Crippen LogP contribution in [0, 0.1) is 0 Å². The van der Waals surface area contributed by atoms with E-state index in [1.165, 1.54) is 0 Å². The Kier molecular flexibility index (Phi) is 25.2. The molecular formula is C82H86O16. The van der Waals surface area contributed by atoms with Crippen LogP contribution in [-0.4, -0.2) is 119 Å². The van der Waals surface area contributed by atoms with Crippen LogP contribution in [-0.2, 0) is 129 Å². The Morgan fingerprint density at radius 2 is 0.602 bits per heavy atom. The zero-order valence-corrected chi connectivity index (χ0v) is 55.0. The predicted octanol–water partition coefficient (Wildman–Crippen LogP) is 13.6. The van der Waals surface area contributed by atoms with E-state index in [1.54, 1.807) is 7.11 Å². The van der Waals surface area contributed by atoms with Crippen LogP contribution in [0.3, 0.4) is 0 Å². The molecule has 4 aliphatic heterocycles. The SMILES string of the molecule is CO[C@H]1O[C@H](COC2O[C@@H]3COC(c4ccccc4)O[C@H]3[C@H](OC3O[C@H](COCc4ccccc4)[C@@H](OCc4ccccc4)[C@H](OCc4ccccc4)[C@H]3OCc3ccccc3)[C@H]2OCc2ccccc2)[C@@H](OCc2ccccc2)[C@H](OCc2ccccc2)[C@H]1OCc1ccccc1. The fourth-order valence-electron chi connectivity index (χ4n) is 12.8. The van der Waals surface area contributed by atoms with Crippen LogP contribution in [0.4, 0.5) is 0 Å². The first-order chi connectivity index (χ1) is 48.5. The molecule has 3 unspecified atom stereocenters. The number of rotatable bonds is 32. The maximum Gasteiger partial charge on any atom is 0.187 e. The van der Waals surface area contributed by atoms with Gasteiger partial charge in [0.15, 0.2) is 25.2 Å². The predicted molar refractivity (Wildman–Crippen MR) is 365 cm³/mol. The third kappa shape index (κ3) is 18.8. The minimum absolute atomic E-state index is 0.0906. The maximum atomic E-state index is 7.79. The average Bonchev–Trinajstić information content (AvgIpc) is 0.747. The van der Waals surface area contributed by atoms with E-state index >= 15 is 0 Å². The Morgan fingerprint density at radius 3 is 0.990 bits per heavy atom. The van der Waals surface area contributed by atoms with E-state index in [-0.39, 0.29) is 66.1 Å². The lowest BCUT2D eigenvalue weighted by molar-refractivity contribution is -0.404. The molecule has 16 atom stereocenters. The zero-order chi connectivity index (χ0) is 66.3. The maximum absolute atomic E-state index is 7.79. The molecule has 16 heteroatoms. The molecular weight excluding hydrogens is 1240 g/mol. The molecule has 98 heavy (non-hydrogen) atoms. The number of methoxy groups -OCH3 is 1. The molecule has 4 heterocycles. The van der Waals surface area contributed by atoms with Crippen molar-refractivity contribution in [3.8, 4) is 0 Å². The van der Waals surface area contributed by atoms with Crippen LogP contribution in [0.15, 0.2) is 273 Å². The van der Waals surface area contributed by atoms with Crippen LogP contribution in [0.2, 0.25) is 0 Å². The lowest BCUT2D eigenvalue weighted by Crippen LogP contribution is -2.68. The first-order valence-corrected chi connectivity index (χ1v) is 33.8. The largest absolute Gasteiger partial charge is 0.374 e. The van der Waals surface area contributed by atoms with E-state index < -0.39 is 98.4 Å². The molecule has 0 spiro atoms. The van der Waals surface area contributed by atoms with Crippen LogP contribution in [0.1, 0.15) is 56.4 Å². The quantitative estimate of drug-likeness (QED) is 0.0393. The Labute approximate surface area is 574 Å². The topological polar surface area (TPSA) is 148 Å². The highest BCUT2D eigenvalue weighted by Crippen LogP contribution is 2.41. The number of hydrogen-bond acceptors (Lipinski definition) is 16. The van der Waals surface area contributed by atoms with Crippen molar-refractivity contribution >= 4 is 0 Å². The van der Waals surface area contributed by atoms with Gasteiger partial charge in [-0.15, -0.1) is 0 Å². The van der Waals surface area contributed by atoms with E-state index in [0.717, 1.165) is 50.1 Å². The third-order valence-electron chi connectivity index (χ3n) is 17.9. The van der Waals surface area contributed by atoms with Gasteiger partial charge in [0.25, 0.3) is 0 Å². The van der Waals surface area contributed by atoms with Gasteiger partial charge in [-0.1, -0.05) is 273 Å². The first-order valence-electron chi connectivity index (χ1n) is 33.8. The average molecular weight is 1330 g/mol. The van der Waals surface area contributed by atoms with Gasteiger partial charge >= 0.3 is 0 Å². The van der Waals surface area contributed by atoms with Gasteiger partial charge < -0.3 is 75.8 Å². The van der Waals surface area contributed by atoms with Crippen LogP contribution in [0.5, 0.6) is 0 Å². The van der Waals surface area contributed by atoms with Crippen LogP contribution < -0.4 is 0 Å². The molecule has 0 amide bonds. The fourth-order valence-corrected chi connectivity index (χ4v) is 12.8. The molecule has 4 aliphatic rings. The van der Waals surface area contributed by atoms with Crippen molar-refractivity contribution in [3.05, 3.63) is 323 Å². The highest BCUT2D eigenvalue weighted by molar-refractivity contribution is 5.21. The molecule has 9 aromatic carbocycles. The number of fused-ring (bicyclic) bond motifs is 1. The molecule has 0 saturated carbocycles. The molecule has 4 saturated heterocycles. The Morgan fingerprint density at radius 1 is 0.286 bits per heavy atom. The van der Waals surface area contributed by atoms with E-state index in [9.17, 15) is 0 Å². The van der Waals surface area contributed by atoms with E-state index in [0.29, 0.717) is 6.61 Å². The van der Waals surface area contributed by atoms with Gasteiger partial charge in [-0.3, -0.25) is 0 Å². The molecule has 0 aromatic heterocycles. The van der Waals surface area contributed by atoms with Crippen molar-refractivity contribution in [1.29, 1.82) is 0 Å². The van der Waals surface area contributed by atoms with Crippen molar-refractivity contribution in [2.45, 2.75) is 151 Å². The Hall–Kier alpha value is -7.66. The summed E-state index contributed by atoms with van der Waals surface area (Å²) in [7, 11) is 1.60. The molecule has 0 aliphatic carbocycles. The summed E-state index contributed by atoms with van der Waals surface area (Å²) in [5.74, 6) is 0. The Balaban J connectivity index is 0.882. The highest BCUT2D eigenvalue weighted by Gasteiger charge is 2.57. The van der Waals surface area contributed by atoms with Crippen LogP contribution in [0.25, 0.3) is 0 Å². The molecule has 16 nitrogen and oxygen atoms in total. The van der Waals surface area contributed by atoms with Crippen molar-refractivity contribution < 1.29 is 75.8 Å². The van der Waals surface area contributed by atoms with E-state index in [1.807, 2.05) is 273 Å². The molecule has 13 rings (SSSR count). The van der Waals surface area contributed by atoms with Crippen LogP contribution >= 0.6 is 0 Å². The second kappa shape index (κ2) is 35.9. The lowest BCUT2D eigenvalue weighted by Gasteiger charge is -2.52.